The van der Waals surface area contributed by atoms with Gasteiger partial charge in [-0.3, -0.25) is 0 Å². The second kappa shape index (κ2) is 7.51. The van der Waals surface area contributed by atoms with Crippen molar-refractivity contribution in [1.29, 1.82) is 0 Å². The van der Waals surface area contributed by atoms with Gasteiger partial charge < -0.3 is 14.8 Å². The zero-order chi connectivity index (χ0) is 13.5. The van der Waals surface area contributed by atoms with Crippen molar-refractivity contribution in [2.45, 2.75) is 38.7 Å². The molecule has 0 aromatic heterocycles. The summed E-state index contributed by atoms with van der Waals surface area (Å²) in [5.74, 6) is 1.54. The van der Waals surface area contributed by atoms with E-state index in [1.807, 2.05) is 6.07 Å². The van der Waals surface area contributed by atoms with Crippen molar-refractivity contribution in [2.75, 3.05) is 26.3 Å². The third-order valence-electron chi connectivity index (χ3n) is 3.57. The Morgan fingerprint density at radius 3 is 2.95 bits per heavy atom. The van der Waals surface area contributed by atoms with Gasteiger partial charge in [0.15, 0.2) is 0 Å². The first-order valence-electron chi connectivity index (χ1n) is 7.42. The third-order valence-corrected chi connectivity index (χ3v) is 3.57. The van der Waals surface area contributed by atoms with Crippen LogP contribution in [0.4, 0.5) is 0 Å². The van der Waals surface area contributed by atoms with Gasteiger partial charge in [-0.1, -0.05) is 32.0 Å². The molecule has 2 rings (SSSR count). The van der Waals surface area contributed by atoms with Gasteiger partial charge in [0.2, 0.25) is 0 Å². The van der Waals surface area contributed by atoms with Gasteiger partial charge in [-0.25, -0.2) is 0 Å². The second-order valence-electron chi connectivity index (χ2n) is 5.49. The number of ether oxygens (including phenoxy) is 2. The molecule has 106 valence electrons. The molecule has 0 spiro atoms. The molecule has 0 bridgehead atoms. The molecule has 1 saturated heterocycles. The van der Waals surface area contributed by atoms with Crippen LogP contribution < -0.4 is 10.1 Å². The van der Waals surface area contributed by atoms with Crippen LogP contribution in [0.25, 0.3) is 0 Å². The topological polar surface area (TPSA) is 35.1 Å². The van der Waals surface area contributed by atoms with E-state index in [2.05, 4.69) is 37.4 Å². The molecule has 1 aromatic rings. The maximum Gasteiger partial charge on any atom is 0.137 e. The lowest BCUT2D eigenvalue weighted by molar-refractivity contribution is -0.661. The number of quaternary nitrogens is 1. The van der Waals surface area contributed by atoms with Crippen molar-refractivity contribution in [1.82, 2.24) is 0 Å². The molecule has 0 radical (unpaired) electrons. The predicted octanol–water partition coefficient (Wildman–Crippen LogP) is 1.93. The SMILES string of the molecule is CC(C)c1ccccc1OCC[NH2+]C[C@H]1CCCO1. The highest BCUT2D eigenvalue weighted by molar-refractivity contribution is 5.35. The fourth-order valence-electron chi connectivity index (χ4n) is 2.48. The summed E-state index contributed by atoms with van der Waals surface area (Å²) in [6.45, 7) is 8.16. The Morgan fingerprint density at radius 1 is 1.37 bits per heavy atom. The van der Waals surface area contributed by atoms with E-state index >= 15 is 0 Å². The van der Waals surface area contributed by atoms with Gasteiger partial charge >= 0.3 is 0 Å². The Kier molecular flexibility index (Phi) is 5.67. The van der Waals surface area contributed by atoms with Gasteiger partial charge in [0.05, 0.1) is 0 Å². The minimum atomic E-state index is 0.461. The zero-order valence-electron chi connectivity index (χ0n) is 12.1. The van der Waals surface area contributed by atoms with Gasteiger partial charge in [-0.05, 0) is 30.4 Å². The van der Waals surface area contributed by atoms with Gasteiger partial charge in [-0.2, -0.15) is 0 Å². The largest absolute Gasteiger partial charge is 0.487 e. The van der Waals surface area contributed by atoms with Crippen LogP contribution in [0.2, 0.25) is 0 Å². The summed E-state index contributed by atoms with van der Waals surface area (Å²) >= 11 is 0. The number of rotatable bonds is 7. The van der Waals surface area contributed by atoms with Crippen molar-refractivity contribution in [3.8, 4) is 5.75 Å². The molecule has 0 aliphatic carbocycles. The normalized spacial score (nSPS) is 19.0. The molecule has 1 atom stereocenters. The first-order valence-corrected chi connectivity index (χ1v) is 7.42. The van der Waals surface area contributed by atoms with Crippen LogP contribution >= 0.6 is 0 Å². The van der Waals surface area contributed by atoms with Crippen LogP contribution in [0.1, 0.15) is 38.2 Å². The van der Waals surface area contributed by atoms with E-state index in [-0.39, 0.29) is 0 Å². The fourth-order valence-corrected chi connectivity index (χ4v) is 2.48. The van der Waals surface area contributed by atoms with Gasteiger partial charge in [-0.15, -0.1) is 0 Å². The molecule has 3 nitrogen and oxygen atoms in total. The van der Waals surface area contributed by atoms with E-state index < -0.39 is 0 Å². The van der Waals surface area contributed by atoms with Crippen LogP contribution in [0, 0.1) is 0 Å². The maximum absolute atomic E-state index is 5.89. The first kappa shape index (κ1) is 14.4. The van der Waals surface area contributed by atoms with Crippen LogP contribution in [0.3, 0.4) is 0 Å². The number of hydrogen-bond acceptors (Lipinski definition) is 2. The average Bonchev–Trinajstić information content (AvgIpc) is 2.92. The molecular formula is C16H26NO2+. The van der Waals surface area contributed by atoms with Gasteiger partial charge in [0.1, 0.15) is 31.5 Å². The quantitative estimate of drug-likeness (QED) is 0.764. The van der Waals surface area contributed by atoms with Crippen LogP contribution in [0.5, 0.6) is 5.75 Å². The molecular weight excluding hydrogens is 238 g/mol. The van der Waals surface area contributed by atoms with Crippen molar-refractivity contribution < 1.29 is 14.8 Å². The Balaban J connectivity index is 1.67. The summed E-state index contributed by atoms with van der Waals surface area (Å²) in [6, 6.07) is 8.33. The number of para-hydroxylation sites is 1. The third kappa shape index (κ3) is 4.51. The molecule has 0 unspecified atom stereocenters. The Bertz CT molecular complexity index is 373. The predicted molar refractivity (Wildman–Crippen MR) is 76.7 cm³/mol. The summed E-state index contributed by atoms with van der Waals surface area (Å²) in [4.78, 5) is 0. The van der Waals surface area contributed by atoms with Gasteiger partial charge in [0.25, 0.3) is 0 Å². The summed E-state index contributed by atoms with van der Waals surface area (Å²) in [6.07, 6.45) is 2.90. The Labute approximate surface area is 116 Å². The van der Waals surface area contributed by atoms with E-state index in [1.54, 1.807) is 0 Å². The number of hydrogen-bond donors (Lipinski definition) is 1. The van der Waals surface area contributed by atoms with Crippen molar-refractivity contribution in [2.24, 2.45) is 0 Å². The van der Waals surface area contributed by atoms with E-state index in [1.165, 1.54) is 18.4 Å². The molecule has 1 heterocycles. The summed E-state index contributed by atoms with van der Waals surface area (Å²) in [5, 5.41) is 2.30. The highest BCUT2D eigenvalue weighted by atomic mass is 16.5. The lowest BCUT2D eigenvalue weighted by atomic mass is 10.0. The molecule has 1 aromatic carbocycles. The van der Waals surface area contributed by atoms with E-state index in [0.29, 0.717) is 12.0 Å². The zero-order valence-corrected chi connectivity index (χ0v) is 12.1. The lowest BCUT2D eigenvalue weighted by Gasteiger charge is -2.13. The molecule has 0 amide bonds. The van der Waals surface area contributed by atoms with Crippen LogP contribution in [-0.4, -0.2) is 32.4 Å². The van der Waals surface area contributed by atoms with E-state index in [0.717, 1.165) is 32.1 Å². The standard InChI is InChI=1S/C16H25NO2/c1-13(2)15-7-3-4-8-16(15)19-11-9-17-12-14-6-5-10-18-14/h3-4,7-8,13-14,17H,5-6,9-12H2,1-2H3/p+1/t14-/m1/s1. The maximum atomic E-state index is 5.89. The molecule has 19 heavy (non-hydrogen) atoms. The van der Waals surface area contributed by atoms with Gasteiger partial charge in [0, 0.05) is 6.61 Å². The summed E-state index contributed by atoms with van der Waals surface area (Å²) < 4.78 is 11.5. The molecule has 2 N–H and O–H groups in total. The second-order valence-corrected chi connectivity index (χ2v) is 5.49. The highest BCUT2D eigenvalue weighted by Gasteiger charge is 2.16. The molecule has 0 saturated carbocycles. The monoisotopic (exact) mass is 264 g/mol. The smallest absolute Gasteiger partial charge is 0.137 e. The number of nitrogens with two attached hydrogens (primary N) is 1. The fraction of sp³-hybridized carbons (Fsp3) is 0.625. The minimum absolute atomic E-state index is 0.461. The van der Waals surface area contributed by atoms with Crippen molar-refractivity contribution >= 4 is 0 Å². The van der Waals surface area contributed by atoms with E-state index in [9.17, 15) is 0 Å². The Hall–Kier alpha value is -1.06. The minimum Gasteiger partial charge on any atom is -0.487 e. The highest BCUT2D eigenvalue weighted by Crippen LogP contribution is 2.25. The van der Waals surface area contributed by atoms with E-state index in [4.69, 9.17) is 9.47 Å². The van der Waals surface area contributed by atoms with Crippen molar-refractivity contribution in [3.63, 3.8) is 0 Å². The molecule has 1 fully saturated rings. The first-order chi connectivity index (χ1) is 9.27. The molecule has 3 heteroatoms. The van der Waals surface area contributed by atoms with Crippen LogP contribution in [0.15, 0.2) is 24.3 Å². The lowest BCUT2D eigenvalue weighted by Crippen LogP contribution is -2.87. The summed E-state index contributed by atoms with van der Waals surface area (Å²) in [5.41, 5.74) is 1.29. The van der Waals surface area contributed by atoms with Crippen LogP contribution in [-0.2, 0) is 4.74 Å². The molecule has 1 aliphatic heterocycles. The molecule has 1 aliphatic rings. The van der Waals surface area contributed by atoms with Crippen molar-refractivity contribution in [3.05, 3.63) is 29.8 Å². The Morgan fingerprint density at radius 2 is 2.21 bits per heavy atom. The average molecular weight is 264 g/mol. The number of benzene rings is 1. The summed E-state index contributed by atoms with van der Waals surface area (Å²) in [7, 11) is 0.